The van der Waals surface area contributed by atoms with Crippen LogP contribution in [0.3, 0.4) is 0 Å². The number of para-hydroxylation sites is 1. The number of halogens is 5. The predicted molar refractivity (Wildman–Crippen MR) is 88.3 cm³/mol. The Hall–Kier alpha value is -0.246. The van der Waals surface area contributed by atoms with E-state index in [-0.39, 0.29) is 19.6 Å². The summed E-state index contributed by atoms with van der Waals surface area (Å²) < 4.78 is 39.2. The molecule has 1 atom stereocenters. The summed E-state index contributed by atoms with van der Waals surface area (Å²) in [5.41, 5.74) is 0.603. The Morgan fingerprint density at radius 3 is 2.22 bits per heavy atom. The second kappa shape index (κ2) is 9.29. The Balaban J connectivity index is 0.000000816. The molecule has 0 spiro atoms. The van der Waals surface area contributed by atoms with E-state index in [1.807, 2.05) is 0 Å². The first kappa shape index (κ1) is 20.8. The zero-order valence-corrected chi connectivity index (χ0v) is 16.4. The van der Waals surface area contributed by atoms with Crippen molar-refractivity contribution >= 4 is 37.8 Å². The molecule has 0 aliphatic heterocycles. The third-order valence-electron chi connectivity index (χ3n) is 2.99. The molecule has 0 aromatic heterocycles. The van der Waals surface area contributed by atoms with Crippen molar-refractivity contribution in [2.45, 2.75) is 20.0 Å². The number of aromatic hydroxyl groups is 1. The Kier molecular flexibility index (Phi) is 8.40. The third kappa shape index (κ3) is 6.28. The van der Waals surface area contributed by atoms with Gasteiger partial charge in [-0.2, -0.15) is 13.2 Å². The van der Waals surface area contributed by atoms with Gasteiger partial charge in [-0.25, -0.2) is 0 Å². The summed E-state index contributed by atoms with van der Waals surface area (Å²) >= 11 is -0.556. The molecule has 0 aliphatic carbocycles. The molecule has 1 N–H and O–H groups in total. The van der Waals surface area contributed by atoms with Crippen LogP contribution in [0.5, 0.6) is 5.75 Å². The van der Waals surface area contributed by atoms with Gasteiger partial charge in [0.05, 0.1) is 5.56 Å². The van der Waals surface area contributed by atoms with E-state index in [1.54, 1.807) is 38.1 Å². The van der Waals surface area contributed by atoms with Crippen LogP contribution in [0.4, 0.5) is 13.2 Å². The Morgan fingerprint density at radius 2 is 1.65 bits per heavy atom. The molecule has 0 bridgehead atoms. The van der Waals surface area contributed by atoms with Gasteiger partial charge in [-0.3, -0.25) is 0 Å². The number of alkyl halides is 3. The minimum atomic E-state index is -4.38. The van der Waals surface area contributed by atoms with Crippen molar-refractivity contribution in [1.29, 1.82) is 0 Å². The van der Waals surface area contributed by atoms with Crippen molar-refractivity contribution in [3.05, 3.63) is 53.1 Å². The average Bonchev–Trinajstić information content (AvgIpc) is 2.45. The molecule has 0 aliphatic rings. The Morgan fingerprint density at radius 1 is 1.04 bits per heavy atom. The quantitative estimate of drug-likeness (QED) is 0.537. The molecule has 0 radical (unpaired) electrons. The second-order valence-corrected chi connectivity index (χ2v) is 8.62. The molecule has 0 amide bonds. The normalized spacial score (nSPS) is 11.3. The molecule has 1 nitrogen and oxygen atoms in total. The number of phenolic OH excluding ortho intramolecular Hbond substituents is 1. The molecular formula is C15H14Cl2F3OPTi. The van der Waals surface area contributed by atoms with Crippen LogP contribution in [0.15, 0.2) is 36.4 Å². The SMILES string of the molecule is Cc1ccc(Pc2cccc(C)c2O)c(C(F)(F)F)c1.[Cl][Ti][Cl]. The summed E-state index contributed by atoms with van der Waals surface area (Å²) in [7, 11) is 9.55. The number of phenols is 1. The van der Waals surface area contributed by atoms with E-state index in [0.29, 0.717) is 16.4 Å². The van der Waals surface area contributed by atoms with Gasteiger partial charge in [0.25, 0.3) is 0 Å². The number of hydrogen-bond donors (Lipinski definition) is 1. The van der Waals surface area contributed by atoms with Crippen molar-refractivity contribution in [3.8, 4) is 5.75 Å². The van der Waals surface area contributed by atoms with Crippen LogP contribution in [0.2, 0.25) is 0 Å². The third-order valence-corrected chi connectivity index (χ3v) is 4.37. The summed E-state index contributed by atoms with van der Waals surface area (Å²) in [4.78, 5) is 0. The number of benzene rings is 2. The van der Waals surface area contributed by atoms with E-state index in [0.717, 1.165) is 6.07 Å². The molecule has 2 rings (SSSR count). The summed E-state index contributed by atoms with van der Waals surface area (Å²) in [6.07, 6.45) is -4.38. The maximum atomic E-state index is 13.1. The molecule has 8 heteroatoms. The van der Waals surface area contributed by atoms with Crippen LogP contribution in [0.1, 0.15) is 16.7 Å². The Bertz CT molecular complexity index is 666. The predicted octanol–water partition coefficient (Wildman–Crippen LogP) is 5.03. The standard InChI is InChI=1S/C15H14F3OP.2ClH.Ti/c1-9-6-7-12(11(8-9)15(16,17)18)20-13-5-3-4-10(2)14(13)19;;;/h3-8,19-20H,1-2H3;2*1H;/q;;;+2/p-2. The first-order valence-electron chi connectivity index (χ1n) is 6.40. The molecule has 0 saturated heterocycles. The zero-order valence-electron chi connectivity index (χ0n) is 12.3. The fourth-order valence-corrected chi connectivity index (χ4v) is 3.21. The van der Waals surface area contributed by atoms with Crippen LogP contribution in [0, 0.1) is 13.8 Å². The molecule has 1 unspecified atom stereocenters. The van der Waals surface area contributed by atoms with Crippen molar-refractivity contribution in [3.63, 3.8) is 0 Å². The molecule has 0 heterocycles. The number of rotatable bonds is 2. The van der Waals surface area contributed by atoms with Gasteiger partial charge in [-0.15, -0.1) is 0 Å². The summed E-state index contributed by atoms with van der Waals surface area (Å²) in [5.74, 6) is 0.0690. The van der Waals surface area contributed by atoms with Crippen LogP contribution in [-0.4, -0.2) is 5.11 Å². The molecule has 23 heavy (non-hydrogen) atoms. The van der Waals surface area contributed by atoms with Gasteiger partial charge in [0.1, 0.15) is 5.75 Å². The van der Waals surface area contributed by atoms with Gasteiger partial charge >= 0.3 is 41.8 Å². The molecular weight excluding hydrogens is 403 g/mol. The van der Waals surface area contributed by atoms with E-state index in [9.17, 15) is 18.3 Å². The number of hydrogen-bond acceptors (Lipinski definition) is 1. The topological polar surface area (TPSA) is 20.2 Å². The molecule has 2 aromatic carbocycles. The van der Waals surface area contributed by atoms with Gasteiger partial charge < -0.3 is 5.11 Å². The van der Waals surface area contributed by atoms with Gasteiger partial charge in [0.15, 0.2) is 0 Å². The van der Waals surface area contributed by atoms with Crippen LogP contribution in [0.25, 0.3) is 0 Å². The van der Waals surface area contributed by atoms with Crippen LogP contribution < -0.4 is 10.6 Å². The van der Waals surface area contributed by atoms with Crippen molar-refractivity contribution in [1.82, 2.24) is 0 Å². The minimum absolute atomic E-state index is 0.0690. The Labute approximate surface area is 151 Å². The fourth-order valence-electron chi connectivity index (χ4n) is 1.91. The molecule has 2 aromatic rings. The van der Waals surface area contributed by atoms with Gasteiger partial charge in [0.2, 0.25) is 0 Å². The van der Waals surface area contributed by atoms with E-state index < -0.39 is 28.8 Å². The van der Waals surface area contributed by atoms with E-state index >= 15 is 0 Å². The van der Waals surface area contributed by atoms with Crippen molar-refractivity contribution in [2.75, 3.05) is 0 Å². The van der Waals surface area contributed by atoms with Gasteiger partial charge in [0, 0.05) is 5.30 Å². The monoisotopic (exact) mass is 416 g/mol. The molecule has 0 fully saturated rings. The summed E-state index contributed by atoms with van der Waals surface area (Å²) in [6.45, 7) is 3.36. The number of aryl methyl sites for hydroxylation is 2. The zero-order chi connectivity index (χ0) is 17.6. The van der Waals surface area contributed by atoms with E-state index in [2.05, 4.69) is 0 Å². The van der Waals surface area contributed by atoms with Gasteiger partial charge in [-0.1, -0.05) is 44.5 Å². The maximum absolute atomic E-state index is 13.1. The van der Waals surface area contributed by atoms with E-state index in [4.69, 9.17) is 18.6 Å². The van der Waals surface area contributed by atoms with Crippen molar-refractivity contribution in [2.24, 2.45) is 0 Å². The summed E-state index contributed by atoms with van der Waals surface area (Å²) in [5, 5.41) is 10.7. The summed E-state index contributed by atoms with van der Waals surface area (Å²) in [6, 6.07) is 9.40. The van der Waals surface area contributed by atoms with Crippen molar-refractivity contribution < 1.29 is 35.3 Å². The van der Waals surface area contributed by atoms with E-state index in [1.165, 1.54) is 6.07 Å². The van der Waals surface area contributed by atoms with Crippen LogP contribution >= 0.6 is 27.2 Å². The van der Waals surface area contributed by atoms with Gasteiger partial charge in [-0.05, 0) is 30.8 Å². The molecule has 124 valence electrons. The first-order chi connectivity index (χ1) is 10.7. The fraction of sp³-hybridized carbons (Fsp3) is 0.200. The first-order valence-corrected chi connectivity index (χ1v) is 11.7. The second-order valence-electron chi connectivity index (χ2n) is 4.71. The molecule has 0 saturated carbocycles. The average molecular weight is 417 g/mol. The van der Waals surface area contributed by atoms with Crippen LogP contribution in [-0.2, 0) is 23.2 Å².